The Morgan fingerprint density at radius 3 is 0.714 bits per heavy atom. The topological polar surface area (TPSA) is 20.2 Å². The van der Waals surface area contributed by atoms with Crippen LogP contribution in [0.4, 0.5) is 0 Å². The van der Waals surface area contributed by atoms with Crippen LogP contribution in [0.5, 0.6) is 0 Å². The van der Waals surface area contributed by atoms with E-state index in [-0.39, 0.29) is 0 Å². The molecule has 0 radical (unpaired) electrons. The Labute approximate surface area is 90.3 Å². The maximum absolute atomic E-state index is 11.4. The molecule has 0 aromatic rings. The molecule has 14 heavy (non-hydrogen) atoms. The molecule has 0 atom stereocenters. The van der Waals surface area contributed by atoms with Crippen molar-refractivity contribution in [2.45, 2.75) is 78.0 Å². The van der Waals surface area contributed by atoms with Gasteiger partial charge in [0.25, 0.3) is 0 Å². The molecule has 0 aliphatic rings. The van der Waals surface area contributed by atoms with Gasteiger partial charge in [0, 0.05) is 0 Å². The summed E-state index contributed by atoms with van der Waals surface area (Å²) in [6, 6.07) is 0. The fourth-order valence-corrected chi connectivity index (χ4v) is 10.7. The standard InChI is InChI=1S/C12H29OP/c1-9(2)14(13,10(3)4,11(5)6)12(7)8/h9-13H,1-8H3. The molecule has 0 unspecified atom stereocenters. The van der Waals surface area contributed by atoms with Crippen molar-refractivity contribution in [3.63, 3.8) is 0 Å². The first-order chi connectivity index (χ1) is 6.10. The predicted molar refractivity (Wildman–Crippen MR) is 69.7 cm³/mol. The van der Waals surface area contributed by atoms with Crippen molar-refractivity contribution in [1.82, 2.24) is 0 Å². The maximum atomic E-state index is 11.4. The number of hydrogen-bond donors (Lipinski definition) is 1. The van der Waals surface area contributed by atoms with Gasteiger partial charge in [-0.1, -0.05) is 0 Å². The molecule has 0 heterocycles. The summed E-state index contributed by atoms with van der Waals surface area (Å²) in [5.41, 5.74) is 1.61. The third kappa shape index (κ3) is 1.53. The van der Waals surface area contributed by atoms with Crippen molar-refractivity contribution < 1.29 is 4.89 Å². The quantitative estimate of drug-likeness (QED) is 0.708. The molecule has 0 fully saturated rings. The second-order valence-electron chi connectivity index (χ2n) is 5.73. The first-order valence-electron chi connectivity index (χ1n) is 5.85. The van der Waals surface area contributed by atoms with Crippen LogP contribution >= 0.6 is 6.83 Å². The van der Waals surface area contributed by atoms with E-state index in [0.717, 1.165) is 0 Å². The first-order valence-corrected chi connectivity index (χ1v) is 8.32. The van der Waals surface area contributed by atoms with Crippen LogP contribution in [0.2, 0.25) is 0 Å². The Bertz CT molecular complexity index is 151. The SMILES string of the molecule is CC(C)P(O)(C(C)C)(C(C)C)C(C)C. The molecule has 0 aliphatic carbocycles. The van der Waals surface area contributed by atoms with Gasteiger partial charge in [0.15, 0.2) is 0 Å². The molecular formula is C12H29OP. The summed E-state index contributed by atoms with van der Waals surface area (Å²) in [7, 11) is 0. The Balaban J connectivity index is 5.62. The van der Waals surface area contributed by atoms with Gasteiger partial charge in [-0.15, -0.1) is 0 Å². The molecule has 88 valence electrons. The molecule has 0 saturated carbocycles. The zero-order valence-electron chi connectivity index (χ0n) is 11.2. The van der Waals surface area contributed by atoms with E-state index in [2.05, 4.69) is 55.4 Å². The van der Waals surface area contributed by atoms with Crippen molar-refractivity contribution in [2.24, 2.45) is 0 Å². The van der Waals surface area contributed by atoms with Crippen molar-refractivity contribution in [3.05, 3.63) is 0 Å². The van der Waals surface area contributed by atoms with E-state index in [1.165, 1.54) is 0 Å². The van der Waals surface area contributed by atoms with Gasteiger partial charge in [-0.3, -0.25) is 0 Å². The zero-order valence-corrected chi connectivity index (χ0v) is 12.1. The zero-order chi connectivity index (χ0) is 11.8. The van der Waals surface area contributed by atoms with Crippen molar-refractivity contribution in [2.75, 3.05) is 0 Å². The first kappa shape index (κ1) is 14.4. The number of rotatable bonds is 4. The van der Waals surface area contributed by atoms with Crippen molar-refractivity contribution in [1.29, 1.82) is 0 Å². The molecule has 0 bridgehead atoms. The van der Waals surface area contributed by atoms with Crippen LogP contribution < -0.4 is 0 Å². The van der Waals surface area contributed by atoms with E-state index in [4.69, 9.17) is 0 Å². The molecule has 0 aliphatic heterocycles. The average molecular weight is 220 g/mol. The summed E-state index contributed by atoms with van der Waals surface area (Å²) in [4.78, 5) is 11.4. The van der Waals surface area contributed by atoms with Crippen LogP contribution in [0.25, 0.3) is 0 Å². The van der Waals surface area contributed by atoms with Crippen molar-refractivity contribution >= 4 is 6.83 Å². The van der Waals surface area contributed by atoms with Crippen LogP contribution in [-0.4, -0.2) is 27.5 Å². The van der Waals surface area contributed by atoms with E-state index >= 15 is 0 Å². The third-order valence-electron chi connectivity index (χ3n) is 4.50. The van der Waals surface area contributed by atoms with Gasteiger partial charge < -0.3 is 0 Å². The fourth-order valence-electron chi connectivity index (χ4n) is 3.58. The van der Waals surface area contributed by atoms with E-state index in [9.17, 15) is 4.89 Å². The summed E-state index contributed by atoms with van der Waals surface area (Å²) in [5.74, 6) is 0. The van der Waals surface area contributed by atoms with Crippen LogP contribution in [0.1, 0.15) is 55.4 Å². The third-order valence-corrected chi connectivity index (χ3v) is 13.5. The molecule has 0 saturated heterocycles. The van der Waals surface area contributed by atoms with Gasteiger partial charge in [-0.05, 0) is 0 Å². The van der Waals surface area contributed by atoms with Gasteiger partial charge in [0.2, 0.25) is 0 Å². The van der Waals surface area contributed by atoms with E-state index in [1.54, 1.807) is 0 Å². The molecule has 0 aromatic heterocycles. The molecule has 0 spiro atoms. The molecule has 0 amide bonds. The summed E-state index contributed by atoms with van der Waals surface area (Å²) >= 11 is 0. The fraction of sp³-hybridized carbons (Fsp3) is 1.00. The summed E-state index contributed by atoms with van der Waals surface area (Å²) < 4.78 is 0. The Hall–Kier alpha value is 0.390. The second-order valence-corrected chi connectivity index (χ2v) is 12.6. The van der Waals surface area contributed by atoms with Gasteiger partial charge in [-0.25, -0.2) is 0 Å². The van der Waals surface area contributed by atoms with Gasteiger partial charge in [-0.2, -0.15) is 0 Å². The van der Waals surface area contributed by atoms with Gasteiger partial charge in [0.1, 0.15) is 0 Å². The van der Waals surface area contributed by atoms with Crippen LogP contribution in [-0.2, 0) is 0 Å². The molecule has 1 nitrogen and oxygen atoms in total. The predicted octanol–water partition coefficient (Wildman–Crippen LogP) is 4.08. The molecule has 1 N–H and O–H groups in total. The van der Waals surface area contributed by atoms with Crippen LogP contribution in [0.3, 0.4) is 0 Å². The average Bonchev–Trinajstić information content (AvgIpc) is 2.00. The minimum absolute atomic E-state index is 0.404. The Kier molecular flexibility index (Phi) is 4.21. The normalized spacial score (nSPS) is 16.8. The molecule has 0 rings (SSSR count). The van der Waals surface area contributed by atoms with E-state index in [1.807, 2.05) is 0 Å². The molecule has 0 aromatic carbocycles. The van der Waals surface area contributed by atoms with Gasteiger partial charge in [0.05, 0.1) is 0 Å². The van der Waals surface area contributed by atoms with Gasteiger partial charge >= 0.3 is 89.7 Å². The minimum atomic E-state index is -2.59. The van der Waals surface area contributed by atoms with Crippen molar-refractivity contribution in [3.8, 4) is 0 Å². The Morgan fingerprint density at radius 2 is 0.714 bits per heavy atom. The van der Waals surface area contributed by atoms with E-state index in [0.29, 0.717) is 22.6 Å². The number of hydrogen-bond acceptors (Lipinski definition) is 1. The van der Waals surface area contributed by atoms with Crippen LogP contribution in [0, 0.1) is 0 Å². The molecule has 2 heteroatoms. The summed E-state index contributed by atoms with van der Waals surface area (Å²) in [6.07, 6.45) is 0. The monoisotopic (exact) mass is 220 g/mol. The van der Waals surface area contributed by atoms with Crippen LogP contribution in [0.15, 0.2) is 0 Å². The van der Waals surface area contributed by atoms with E-state index < -0.39 is 6.83 Å². The summed E-state index contributed by atoms with van der Waals surface area (Å²) in [5, 5.41) is 0. The summed E-state index contributed by atoms with van der Waals surface area (Å²) in [6.45, 7) is 15.0. The molecular weight excluding hydrogens is 191 g/mol. The second kappa shape index (κ2) is 4.10. The Morgan fingerprint density at radius 1 is 0.571 bits per heavy atom.